The molecule has 0 bridgehead atoms. The Hall–Kier alpha value is -1.08. The molecule has 1 aliphatic heterocycles. The first-order valence-corrected chi connectivity index (χ1v) is 9.50. The number of hydrogen-bond acceptors (Lipinski definition) is 2. The molecule has 2 N–H and O–H groups in total. The second kappa shape index (κ2) is 9.03. The Morgan fingerprint density at radius 2 is 2.12 bits per heavy atom. The normalized spacial score (nSPS) is 20.0. The van der Waals surface area contributed by atoms with Crippen LogP contribution in [0.5, 0.6) is 0 Å². The zero-order chi connectivity index (χ0) is 18.4. The van der Waals surface area contributed by atoms with Crippen LogP contribution in [0, 0.1) is 11.8 Å². The summed E-state index contributed by atoms with van der Waals surface area (Å²) in [5.41, 5.74) is -0.593. The zero-order valence-electron chi connectivity index (χ0n) is 14.3. The lowest BCUT2D eigenvalue weighted by Crippen LogP contribution is -2.30. The van der Waals surface area contributed by atoms with Crippen molar-refractivity contribution in [1.29, 1.82) is 0 Å². The number of carbonyl (C=O) groups excluding carboxylic acids is 1. The number of carbonyl (C=O) groups is 1. The smallest absolute Gasteiger partial charge is 0.326 e. The molecule has 1 aromatic carbocycles. The fourth-order valence-corrected chi connectivity index (χ4v) is 3.87. The Bertz CT molecular complexity index is 584. The molecule has 0 aromatic heterocycles. The van der Waals surface area contributed by atoms with Crippen molar-refractivity contribution in [2.45, 2.75) is 45.2 Å². The Morgan fingerprint density at radius 1 is 1.36 bits per heavy atom. The first-order chi connectivity index (χ1) is 11.8. The summed E-state index contributed by atoms with van der Waals surface area (Å²) >= 11 is 2.92. The van der Waals surface area contributed by atoms with Crippen LogP contribution in [-0.2, 0) is 11.0 Å². The number of anilines is 1. The van der Waals surface area contributed by atoms with Crippen LogP contribution in [-0.4, -0.2) is 19.0 Å². The molecule has 3 nitrogen and oxygen atoms in total. The SMILES string of the molecule is CCCC(C(=O)Nc1ccc(Br)c(C(F)(F)F)c1)C1CCCNCC1. The van der Waals surface area contributed by atoms with Gasteiger partial charge in [-0.2, -0.15) is 13.2 Å². The van der Waals surface area contributed by atoms with Crippen molar-refractivity contribution < 1.29 is 18.0 Å². The molecular weight excluding hydrogens is 397 g/mol. The van der Waals surface area contributed by atoms with Crippen molar-refractivity contribution in [3.63, 3.8) is 0 Å². The third-order valence-electron chi connectivity index (χ3n) is 4.67. The molecule has 1 fully saturated rings. The topological polar surface area (TPSA) is 41.1 Å². The number of benzene rings is 1. The van der Waals surface area contributed by atoms with E-state index in [0.29, 0.717) is 0 Å². The molecule has 0 spiro atoms. The van der Waals surface area contributed by atoms with E-state index < -0.39 is 11.7 Å². The van der Waals surface area contributed by atoms with Gasteiger partial charge in [0.2, 0.25) is 5.91 Å². The highest BCUT2D eigenvalue weighted by Crippen LogP contribution is 2.36. The summed E-state index contributed by atoms with van der Waals surface area (Å²) < 4.78 is 39.1. The number of alkyl halides is 3. The number of rotatable bonds is 5. The van der Waals surface area contributed by atoms with Crippen LogP contribution in [0.15, 0.2) is 22.7 Å². The van der Waals surface area contributed by atoms with Crippen molar-refractivity contribution in [2.24, 2.45) is 11.8 Å². The van der Waals surface area contributed by atoms with Gasteiger partial charge in [0.1, 0.15) is 0 Å². The Kier molecular flexibility index (Phi) is 7.31. The lowest BCUT2D eigenvalue weighted by molar-refractivity contribution is -0.138. The van der Waals surface area contributed by atoms with Crippen molar-refractivity contribution in [1.82, 2.24) is 5.32 Å². The van der Waals surface area contributed by atoms with Gasteiger partial charge in [0.05, 0.1) is 5.56 Å². The average Bonchev–Trinajstić information content (AvgIpc) is 2.82. The van der Waals surface area contributed by atoms with Gasteiger partial charge < -0.3 is 10.6 Å². The number of amides is 1. The maximum Gasteiger partial charge on any atom is 0.417 e. The molecular formula is C18H24BrF3N2O. The number of nitrogens with one attached hydrogen (secondary N) is 2. The molecule has 2 rings (SSSR count). The zero-order valence-corrected chi connectivity index (χ0v) is 15.8. The fourth-order valence-electron chi connectivity index (χ4n) is 3.40. The summed E-state index contributed by atoms with van der Waals surface area (Å²) in [6, 6.07) is 3.80. The quantitative estimate of drug-likeness (QED) is 0.685. The van der Waals surface area contributed by atoms with E-state index in [4.69, 9.17) is 0 Å². The summed E-state index contributed by atoms with van der Waals surface area (Å²) in [4.78, 5) is 12.7. The van der Waals surface area contributed by atoms with E-state index in [1.807, 2.05) is 6.92 Å². The van der Waals surface area contributed by atoms with E-state index in [-0.39, 0.29) is 27.9 Å². The van der Waals surface area contributed by atoms with Gasteiger partial charge in [-0.25, -0.2) is 0 Å². The molecule has 1 heterocycles. The summed E-state index contributed by atoms with van der Waals surface area (Å²) in [5.74, 6) is -0.0698. The molecule has 140 valence electrons. The molecule has 1 amide bonds. The largest absolute Gasteiger partial charge is 0.417 e. The highest BCUT2D eigenvalue weighted by atomic mass is 79.9. The minimum Gasteiger partial charge on any atom is -0.326 e. The maximum absolute atomic E-state index is 13.0. The van der Waals surface area contributed by atoms with E-state index in [1.165, 1.54) is 12.1 Å². The van der Waals surface area contributed by atoms with Gasteiger partial charge in [-0.1, -0.05) is 29.3 Å². The lowest BCUT2D eigenvalue weighted by Gasteiger charge is -2.25. The third-order valence-corrected chi connectivity index (χ3v) is 5.36. The second-order valence-corrected chi connectivity index (χ2v) is 7.37. The van der Waals surface area contributed by atoms with Crippen LogP contribution in [0.2, 0.25) is 0 Å². The van der Waals surface area contributed by atoms with Crippen LogP contribution in [0.1, 0.15) is 44.6 Å². The molecule has 0 aliphatic carbocycles. The predicted octanol–water partition coefficient (Wildman–Crippen LogP) is 5.21. The minimum atomic E-state index is -4.46. The number of halogens is 4. The fraction of sp³-hybridized carbons (Fsp3) is 0.611. The van der Waals surface area contributed by atoms with Crippen molar-refractivity contribution in [2.75, 3.05) is 18.4 Å². The summed E-state index contributed by atoms with van der Waals surface area (Å²) in [7, 11) is 0. The van der Waals surface area contributed by atoms with Crippen LogP contribution >= 0.6 is 15.9 Å². The Labute approximate surface area is 154 Å². The van der Waals surface area contributed by atoms with Crippen LogP contribution in [0.3, 0.4) is 0 Å². The lowest BCUT2D eigenvalue weighted by atomic mass is 9.82. The number of hydrogen-bond donors (Lipinski definition) is 2. The van der Waals surface area contributed by atoms with E-state index in [1.54, 1.807) is 0 Å². The van der Waals surface area contributed by atoms with Crippen molar-refractivity contribution in [3.05, 3.63) is 28.2 Å². The van der Waals surface area contributed by atoms with Crippen LogP contribution in [0.25, 0.3) is 0 Å². The second-order valence-electron chi connectivity index (χ2n) is 6.52. The standard InChI is InChI=1S/C18H24BrF3N2O/c1-2-4-14(12-5-3-9-23-10-8-12)17(25)24-13-6-7-16(19)15(11-13)18(20,21)22/h6-7,11-12,14,23H,2-5,8-10H2,1H3,(H,24,25). The van der Waals surface area contributed by atoms with Gasteiger partial charge >= 0.3 is 6.18 Å². The summed E-state index contributed by atoms with van der Waals surface area (Å²) in [6.07, 6.45) is 0.0742. The molecule has 1 saturated heterocycles. The summed E-state index contributed by atoms with van der Waals surface area (Å²) in [5, 5.41) is 6.04. The molecule has 0 radical (unpaired) electrons. The van der Waals surface area contributed by atoms with Gasteiger partial charge in [-0.05, 0) is 62.9 Å². The molecule has 1 aliphatic rings. The molecule has 2 atom stereocenters. The Balaban J connectivity index is 2.15. The highest BCUT2D eigenvalue weighted by molar-refractivity contribution is 9.10. The first-order valence-electron chi connectivity index (χ1n) is 8.71. The third kappa shape index (κ3) is 5.71. The predicted molar refractivity (Wildman–Crippen MR) is 96.4 cm³/mol. The van der Waals surface area contributed by atoms with Gasteiger partial charge in [-0.15, -0.1) is 0 Å². The van der Waals surface area contributed by atoms with Crippen molar-refractivity contribution in [3.8, 4) is 0 Å². The van der Waals surface area contributed by atoms with Crippen molar-refractivity contribution >= 4 is 27.5 Å². The maximum atomic E-state index is 13.0. The first kappa shape index (κ1) is 20.2. The van der Waals surface area contributed by atoms with E-state index in [0.717, 1.165) is 51.3 Å². The van der Waals surface area contributed by atoms with Gasteiger partial charge in [0.25, 0.3) is 0 Å². The Morgan fingerprint density at radius 3 is 2.80 bits per heavy atom. The molecule has 0 saturated carbocycles. The summed E-state index contributed by atoms with van der Waals surface area (Å²) in [6.45, 7) is 3.86. The van der Waals surface area contributed by atoms with Gasteiger partial charge in [-0.3, -0.25) is 4.79 Å². The molecule has 2 unspecified atom stereocenters. The minimum absolute atomic E-state index is 0.0297. The highest BCUT2D eigenvalue weighted by Gasteiger charge is 2.34. The van der Waals surface area contributed by atoms with E-state index in [9.17, 15) is 18.0 Å². The molecule has 1 aromatic rings. The monoisotopic (exact) mass is 420 g/mol. The molecule has 7 heteroatoms. The van der Waals surface area contributed by atoms with E-state index in [2.05, 4.69) is 26.6 Å². The molecule has 25 heavy (non-hydrogen) atoms. The van der Waals surface area contributed by atoms with Crippen LogP contribution in [0.4, 0.5) is 18.9 Å². The van der Waals surface area contributed by atoms with Gasteiger partial charge in [0, 0.05) is 16.1 Å². The average molecular weight is 421 g/mol. The van der Waals surface area contributed by atoms with E-state index >= 15 is 0 Å². The van der Waals surface area contributed by atoms with Crippen LogP contribution < -0.4 is 10.6 Å². The van der Waals surface area contributed by atoms with Gasteiger partial charge in [0.15, 0.2) is 0 Å².